The van der Waals surface area contributed by atoms with Crippen molar-refractivity contribution in [3.8, 4) is 11.5 Å². The largest absolute Gasteiger partial charge is 0.454 e. The zero-order chi connectivity index (χ0) is 15.5. The van der Waals surface area contributed by atoms with Crippen molar-refractivity contribution in [2.45, 2.75) is 32.4 Å². The number of carbonyl (C=O) groups is 1. The minimum absolute atomic E-state index is 0.0969. The first-order valence-corrected chi connectivity index (χ1v) is 6.94. The Kier molecular flexibility index (Phi) is 4.69. The summed E-state index contributed by atoms with van der Waals surface area (Å²) in [6.45, 7) is 6.43. The third-order valence-electron chi connectivity index (χ3n) is 2.92. The topological polar surface area (TPSA) is 79.8 Å². The van der Waals surface area contributed by atoms with E-state index in [1.165, 1.54) is 0 Å². The number of ether oxygens (including phenoxy) is 2. The lowest BCUT2D eigenvalue weighted by Gasteiger charge is -2.21. The van der Waals surface area contributed by atoms with Gasteiger partial charge in [-0.2, -0.15) is 0 Å². The third kappa shape index (κ3) is 4.61. The number of hydrogen-bond donors (Lipinski definition) is 3. The predicted molar refractivity (Wildman–Crippen MR) is 78.3 cm³/mol. The molecule has 0 bridgehead atoms. The van der Waals surface area contributed by atoms with Crippen LogP contribution in [0.5, 0.6) is 11.5 Å². The first-order valence-electron chi connectivity index (χ1n) is 6.94. The molecule has 1 unspecified atom stereocenters. The molecule has 3 N–H and O–H groups in total. The normalized spacial score (nSPS) is 14.9. The van der Waals surface area contributed by atoms with Gasteiger partial charge in [-0.05, 0) is 38.5 Å². The van der Waals surface area contributed by atoms with E-state index in [9.17, 15) is 9.90 Å². The van der Waals surface area contributed by atoms with E-state index >= 15 is 0 Å². The second-order valence-electron chi connectivity index (χ2n) is 6.06. The number of amides is 1. The van der Waals surface area contributed by atoms with Crippen molar-refractivity contribution in [2.75, 3.05) is 19.9 Å². The number of carbonyl (C=O) groups excluding carboxylic acids is 1. The fourth-order valence-corrected chi connectivity index (χ4v) is 2.02. The Morgan fingerprint density at radius 1 is 1.33 bits per heavy atom. The fourth-order valence-electron chi connectivity index (χ4n) is 2.02. The molecular weight excluding hydrogens is 272 g/mol. The van der Waals surface area contributed by atoms with E-state index < -0.39 is 6.10 Å². The van der Waals surface area contributed by atoms with Gasteiger partial charge in [-0.3, -0.25) is 4.79 Å². The summed E-state index contributed by atoms with van der Waals surface area (Å²) in [7, 11) is 0. The van der Waals surface area contributed by atoms with Crippen LogP contribution in [0.15, 0.2) is 18.2 Å². The van der Waals surface area contributed by atoms with Gasteiger partial charge in [0.25, 0.3) is 0 Å². The van der Waals surface area contributed by atoms with E-state index in [1.54, 1.807) is 18.2 Å². The molecule has 2 rings (SSSR count). The number of fused-ring (bicyclic) bond motifs is 1. The molecule has 6 heteroatoms. The third-order valence-corrected chi connectivity index (χ3v) is 2.92. The second-order valence-corrected chi connectivity index (χ2v) is 6.06. The first-order chi connectivity index (χ1) is 9.85. The van der Waals surface area contributed by atoms with Gasteiger partial charge < -0.3 is 25.2 Å². The van der Waals surface area contributed by atoms with Crippen LogP contribution < -0.4 is 20.1 Å². The van der Waals surface area contributed by atoms with E-state index in [-0.39, 0.29) is 31.3 Å². The minimum Gasteiger partial charge on any atom is -0.454 e. The molecule has 0 spiro atoms. The lowest BCUT2D eigenvalue weighted by molar-refractivity contribution is -0.121. The van der Waals surface area contributed by atoms with E-state index in [1.807, 2.05) is 20.8 Å². The second kappa shape index (κ2) is 6.32. The minimum atomic E-state index is -0.707. The zero-order valence-corrected chi connectivity index (χ0v) is 12.6. The van der Waals surface area contributed by atoms with Crippen molar-refractivity contribution in [3.63, 3.8) is 0 Å². The summed E-state index contributed by atoms with van der Waals surface area (Å²) in [5.74, 6) is 1.22. The van der Waals surface area contributed by atoms with Crippen LogP contribution in [0, 0.1) is 0 Å². The molecule has 0 fully saturated rings. The summed E-state index contributed by atoms with van der Waals surface area (Å²) in [5, 5.41) is 15.9. The number of rotatable bonds is 5. The average Bonchev–Trinajstić information content (AvgIpc) is 2.83. The summed E-state index contributed by atoms with van der Waals surface area (Å²) in [4.78, 5) is 11.6. The van der Waals surface area contributed by atoms with Crippen LogP contribution in [0.1, 0.15) is 32.4 Å². The summed E-state index contributed by atoms with van der Waals surface area (Å²) in [5.41, 5.74) is 0.470. The molecule has 6 nitrogen and oxygen atoms in total. The average molecular weight is 294 g/mol. The maximum atomic E-state index is 11.6. The van der Waals surface area contributed by atoms with Gasteiger partial charge >= 0.3 is 0 Å². The van der Waals surface area contributed by atoms with Gasteiger partial charge in [0.1, 0.15) is 0 Å². The Hall–Kier alpha value is -1.79. The molecule has 1 heterocycles. The molecule has 0 saturated heterocycles. The molecule has 1 aromatic rings. The highest BCUT2D eigenvalue weighted by Crippen LogP contribution is 2.33. The Bertz CT molecular complexity index is 511. The van der Waals surface area contributed by atoms with Gasteiger partial charge in [-0.25, -0.2) is 0 Å². The van der Waals surface area contributed by atoms with Gasteiger partial charge in [0.2, 0.25) is 12.7 Å². The van der Waals surface area contributed by atoms with Gasteiger partial charge in [0, 0.05) is 12.1 Å². The van der Waals surface area contributed by atoms with Crippen molar-refractivity contribution < 1.29 is 19.4 Å². The SMILES string of the molecule is CC(C)(C)NC(=O)CNCC(O)c1ccc2c(c1)OCO2. The molecule has 0 aliphatic carbocycles. The number of nitrogens with one attached hydrogen (secondary N) is 2. The summed E-state index contributed by atoms with van der Waals surface area (Å²) < 4.78 is 10.5. The monoisotopic (exact) mass is 294 g/mol. The van der Waals surface area contributed by atoms with Gasteiger partial charge in [-0.15, -0.1) is 0 Å². The van der Waals surface area contributed by atoms with E-state index in [0.717, 1.165) is 5.56 Å². The summed E-state index contributed by atoms with van der Waals surface area (Å²) in [6.07, 6.45) is -0.707. The highest BCUT2D eigenvalue weighted by Gasteiger charge is 2.17. The van der Waals surface area contributed by atoms with E-state index in [4.69, 9.17) is 9.47 Å². The van der Waals surface area contributed by atoms with Gasteiger partial charge in [0.05, 0.1) is 12.6 Å². The van der Waals surface area contributed by atoms with Gasteiger partial charge in [-0.1, -0.05) is 6.07 Å². The van der Waals surface area contributed by atoms with Gasteiger partial charge in [0.15, 0.2) is 11.5 Å². The van der Waals surface area contributed by atoms with Crippen molar-refractivity contribution in [3.05, 3.63) is 23.8 Å². The number of aliphatic hydroxyl groups is 1. The highest BCUT2D eigenvalue weighted by atomic mass is 16.7. The summed E-state index contributed by atoms with van der Waals surface area (Å²) >= 11 is 0. The van der Waals surface area contributed by atoms with Crippen LogP contribution in [0.2, 0.25) is 0 Å². The van der Waals surface area contributed by atoms with E-state index in [2.05, 4.69) is 10.6 Å². The van der Waals surface area contributed by atoms with Crippen LogP contribution >= 0.6 is 0 Å². The highest BCUT2D eigenvalue weighted by molar-refractivity contribution is 5.78. The van der Waals surface area contributed by atoms with Crippen molar-refractivity contribution >= 4 is 5.91 Å². The van der Waals surface area contributed by atoms with Crippen molar-refractivity contribution in [1.29, 1.82) is 0 Å². The Morgan fingerprint density at radius 2 is 2.05 bits per heavy atom. The van der Waals surface area contributed by atoms with Crippen molar-refractivity contribution in [2.24, 2.45) is 0 Å². The molecular formula is C15H22N2O4. The van der Waals surface area contributed by atoms with Crippen LogP contribution in [0.3, 0.4) is 0 Å². The first kappa shape index (κ1) is 15.6. The lowest BCUT2D eigenvalue weighted by Crippen LogP contribution is -2.45. The van der Waals surface area contributed by atoms with Crippen LogP contribution in [0.4, 0.5) is 0 Å². The Morgan fingerprint density at radius 3 is 2.76 bits per heavy atom. The lowest BCUT2D eigenvalue weighted by atomic mass is 10.1. The maximum absolute atomic E-state index is 11.6. The summed E-state index contributed by atoms with van der Waals surface area (Å²) in [6, 6.07) is 5.31. The molecule has 0 radical (unpaired) electrons. The molecule has 1 atom stereocenters. The Labute approximate surface area is 124 Å². The standard InChI is InChI=1S/C15H22N2O4/c1-15(2,3)17-14(19)8-16-7-11(18)10-4-5-12-13(6-10)21-9-20-12/h4-6,11,16,18H,7-9H2,1-3H3,(H,17,19). The molecule has 0 aromatic heterocycles. The molecule has 0 saturated carbocycles. The molecule has 1 amide bonds. The molecule has 21 heavy (non-hydrogen) atoms. The smallest absolute Gasteiger partial charge is 0.234 e. The fraction of sp³-hybridized carbons (Fsp3) is 0.533. The number of hydrogen-bond acceptors (Lipinski definition) is 5. The predicted octanol–water partition coefficient (Wildman–Crippen LogP) is 0.953. The van der Waals surface area contributed by atoms with Crippen LogP contribution in [-0.4, -0.2) is 36.4 Å². The molecule has 1 aliphatic rings. The maximum Gasteiger partial charge on any atom is 0.234 e. The Balaban J connectivity index is 1.80. The zero-order valence-electron chi connectivity index (χ0n) is 12.6. The molecule has 116 valence electrons. The van der Waals surface area contributed by atoms with Crippen LogP contribution in [0.25, 0.3) is 0 Å². The quantitative estimate of drug-likeness (QED) is 0.753. The molecule has 1 aliphatic heterocycles. The van der Waals surface area contributed by atoms with Crippen LogP contribution in [-0.2, 0) is 4.79 Å². The number of benzene rings is 1. The van der Waals surface area contributed by atoms with E-state index in [0.29, 0.717) is 11.5 Å². The van der Waals surface area contributed by atoms with Crippen molar-refractivity contribution in [1.82, 2.24) is 10.6 Å². The molecule has 1 aromatic carbocycles. The number of aliphatic hydroxyl groups excluding tert-OH is 1.